The van der Waals surface area contributed by atoms with Crippen molar-refractivity contribution in [3.05, 3.63) is 30.2 Å². The van der Waals surface area contributed by atoms with E-state index in [0.29, 0.717) is 18.6 Å². The number of fused-ring (bicyclic) bond motifs is 3. The van der Waals surface area contributed by atoms with E-state index in [4.69, 9.17) is 0 Å². The number of nitrogens with zero attached hydrogens (tertiary/aromatic N) is 2. The highest BCUT2D eigenvalue weighted by atomic mass is 16.3. The first-order valence-electron chi connectivity index (χ1n) is 7.51. The third-order valence-electron chi connectivity index (χ3n) is 4.95. The van der Waals surface area contributed by atoms with E-state index in [0.717, 1.165) is 18.4 Å². The van der Waals surface area contributed by atoms with Gasteiger partial charge in [0.05, 0.1) is 23.9 Å². The van der Waals surface area contributed by atoms with Crippen LogP contribution in [0.15, 0.2) is 24.5 Å². The zero-order valence-electron chi connectivity index (χ0n) is 11.8. The van der Waals surface area contributed by atoms with Gasteiger partial charge in [-0.05, 0) is 44.7 Å². The zero-order chi connectivity index (χ0) is 13.7. The minimum atomic E-state index is -0.580. The monoisotopic (exact) mass is 271 g/mol. The van der Waals surface area contributed by atoms with Crippen molar-refractivity contribution in [1.82, 2.24) is 14.9 Å². The van der Waals surface area contributed by atoms with Crippen LogP contribution in [-0.4, -0.2) is 32.3 Å². The summed E-state index contributed by atoms with van der Waals surface area (Å²) >= 11 is 0. The highest BCUT2D eigenvalue weighted by molar-refractivity contribution is 5.80. The average Bonchev–Trinajstić information content (AvgIpc) is 2.91. The second-order valence-electron chi connectivity index (χ2n) is 6.58. The van der Waals surface area contributed by atoms with Crippen molar-refractivity contribution < 1.29 is 5.11 Å². The number of nitrogens with one attached hydrogen (secondary N) is 1. The van der Waals surface area contributed by atoms with Gasteiger partial charge in [0.1, 0.15) is 0 Å². The van der Waals surface area contributed by atoms with Crippen LogP contribution >= 0.6 is 0 Å². The minimum absolute atomic E-state index is 0.499. The molecule has 2 fully saturated rings. The number of aromatic nitrogens is 2. The molecule has 2 aromatic rings. The highest BCUT2D eigenvalue weighted by Crippen LogP contribution is 2.36. The van der Waals surface area contributed by atoms with E-state index < -0.39 is 5.60 Å². The van der Waals surface area contributed by atoms with Crippen molar-refractivity contribution >= 4 is 10.9 Å². The van der Waals surface area contributed by atoms with Crippen molar-refractivity contribution in [3.8, 4) is 0 Å². The topological polar surface area (TPSA) is 50.1 Å². The maximum atomic E-state index is 11.0. The number of hydrogen-bond donors (Lipinski definition) is 2. The minimum Gasteiger partial charge on any atom is -0.388 e. The quantitative estimate of drug-likeness (QED) is 0.878. The number of hydrogen-bond acceptors (Lipinski definition) is 3. The summed E-state index contributed by atoms with van der Waals surface area (Å²) in [7, 11) is 0. The van der Waals surface area contributed by atoms with Crippen LogP contribution in [0, 0.1) is 6.92 Å². The summed E-state index contributed by atoms with van der Waals surface area (Å²) in [5.41, 5.74) is 1.75. The van der Waals surface area contributed by atoms with Crippen molar-refractivity contribution in [2.45, 2.75) is 56.8 Å². The molecule has 0 saturated carbocycles. The molecule has 2 aromatic heterocycles. The molecule has 4 rings (SSSR count). The Bertz CT molecular complexity index is 636. The van der Waals surface area contributed by atoms with Gasteiger partial charge >= 0.3 is 0 Å². The molecule has 0 radical (unpaired) electrons. The van der Waals surface area contributed by atoms with Crippen LogP contribution in [0.2, 0.25) is 0 Å². The Labute approximate surface area is 118 Å². The molecule has 4 nitrogen and oxygen atoms in total. The normalized spacial score (nSPS) is 32.9. The number of aliphatic hydroxyl groups is 1. The van der Waals surface area contributed by atoms with Crippen molar-refractivity contribution in [3.63, 3.8) is 0 Å². The van der Waals surface area contributed by atoms with Crippen LogP contribution in [-0.2, 0) is 6.54 Å². The molecule has 2 atom stereocenters. The summed E-state index contributed by atoms with van der Waals surface area (Å²) in [6.45, 7) is 2.79. The molecule has 0 aliphatic carbocycles. The molecule has 20 heavy (non-hydrogen) atoms. The first-order valence-corrected chi connectivity index (χ1v) is 7.51. The first-order chi connectivity index (χ1) is 9.63. The number of aryl methyl sites for hydroxylation is 1. The molecule has 4 heteroatoms. The molecule has 0 amide bonds. The fourth-order valence-corrected chi connectivity index (χ4v) is 4.10. The number of piperidine rings is 1. The van der Waals surface area contributed by atoms with Crippen molar-refractivity contribution in [1.29, 1.82) is 0 Å². The zero-order valence-corrected chi connectivity index (χ0v) is 11.8. The summed E-state index contributed by atoms with van der Waals surface area (Å²) in [4.78, 5) is 4.23. The Morgan fingerprint density at radius 2 is 2.15 bits per heavy atom. The largest absolute Gasteiger partial charge is 0.388 e. The van der Waals surface area contributed by atoms with E-state index in [1.54, 1.807) is 0 Å². The standard InChI is InChI=1S/C16H21N3O/c1-11-6-12-4-5-17-9-15(12)19(11)10-16(20)7-13-2-3-14(8-16)18-13/h4-6,9,13-14,18,20H,2-3,7-8,10H2,1H3/t13-,14-/m1/s1. The van der Waals surface area contributed by atoms with Crippen LogP contribution < -0.4 is 5.32 Å². The van der Waals surface area contributed by atoms with E-state index in [9.17, 15) is 5.11 Å². The third kappa shape index (κ3) is 1.95. The van der Waals surface area contributed by atoms with Crippen LogP contribution in [0.5, 0.6) is 0 Å². The predicted octanol–water partition coefficient (Wildman–Crippen LogP) is 1.99. The molecule has 106 valence electrons. The summed E-state index contributed by atoms with van der Waals surface area (Å²) < 4.78 is 2.23. The van der Waals surface area contributed by atoms with E-state index in [1.165, 1.54) is 23.9 Å². The van der Waals surface area contributed by atoms with Gasteiger partial charge in [-0.1, -0.05) is 0 Å². The summed E-state index contributed by atoms with van der Waals surface area (Å²) in [6.07, 6.45) is 7.87. The van der Waals surface area contributed by atoms with Gasteiger partial charge in [0, 0.05) is 29.4 Å². The SMILES string of the molecule is Cc1cc2ccncc2n1CC1(O)C[C@H]2CC[C@H](C1)N2. The van der Waals surface area contributed by atoms with E-state index in [1.807, 2.05) is 18.5 Å². The fourth-order valence-electron chi connectivity index (χ4n) is 4.10. The van der Waals surface area contributed by atoms with Crippen molar-refractivity contribution in [2.24, 2.45) is 0 Å². The lowest BCUT2D eigenvalue weighted by molar-refractivity contribution is -0.0206. The average molecular weight is 271 g/mol. The molecule has 0 unspecified atom stereocenters. The van der Waals surface area contributed by atoms with Gasteiger partial charge in [0.15, 0.2) is 0 Å². The molecule has 2 bridgehead atoms. The predicted molar refractivity (Wildman–Crippen MR) is 78.6 cm³/mol. The lowest BCUT2D eigenvalue weighted by Crippen LogP contribution is -2.50. The molecule has 4 heterocycles. The Balaban J connectivity index is 1.68. The second-order valence-corrected chi connectivity index (χ2v) is 6.58. The summed E-state index contributed by atoms with van der Waals surface area (Å²) in [5, 5.41) is 15.8. The molecule has 2 aliphatic heterocycles. The fraction of sp³-hybridized carbons (Fsp3) is 0.562. The molecule has 0 spiro atoms. The maximum Gasteiger partial charge on any atom is 0.0855 e. The summed E-state index contributed by atoms with van der Waals surface area (Å²) in [5.74, 6) is 0. The second kappa shape index (κ2) is 4.30. The summed E-state index contributed by atoms with van der Waals surface area (Å²) in [6, 6.07) is 5.21. The smallest absolute Gasteiger partial charge is 0.0855 e. The van der Waals surface area contributed by atoms with Crippen LogP contribution in [0.25, 0.3) is 10.9 Å². The molecular formula is C16H21N3O. The Morgan fingerprint density at radius 1 is 1.40 bits per heavy atom. The van der Waals surface area contributed by atoms with Gasteiger partial charge in [-0.15, -0.1) is 0 Å². The van der Waals surface area contributed by atoms with Gasteiger partial charge in [-0.3, -0.25) is 4.98 Å². The third-order valence-corrected chi connectivity index (χ3v) is 4.95. The van der Waals surface area contributed by atoms with E-state index in [-0.39, 0.29) is 0 Å². The molecule has 2 aliphatic rings. The van der Waals surface area contributed by atoms with Gasteiger partial charge < -0.3 is 15.0 Å². The highest BCUT2D eigenvalue weighted by Gasteiger charge is 2.42. The molecule has 2 N–H and O–H groups in total. The van der Waals surface area contributed by atoms with Crippen LogP contribution in [0.1, 0.15) is 31.4 Å². The lowest BCUT2D eigenvalue weighted by atomic mass is 9.87. The van der Waals surface area contributed by atoms with Gasteiger partial charge in [-0.25, -0.2) is 0 Å². The van der Waals surface area contributed by atoms with Gasteiger partial charge in [0.2, 0.25) is 0 Å². The Kier molecular flexibility index (Phi) is 2.66. The first kappa shape index (κ1) is 12.4. The molecule has 2 saturated heterocycles. The van der Waals surface area contributed by atoms with E-state index >= 15 is 0 Å². The Hall–Kier alpha value is -1.39. The van der Waals surface area contributed by atoms with E-state index in [2.05, 4.69) is 27.9 Å². The Morgan fingerprint density at radius 3 is 2.90 bits per heavy atom. The number of pyridine rings is 1. The molecule has 0 aromatic carbocycles. The maximum absolute atomic E-state index is 11.0. The van der Waals surface area contributed by atoms with Crippen LogP contribution in [0.3, 0.4) is 0 Å². The molecular weight excluding hydrogens is 250 g/mol. The van der Waals surface area contributed by atoms with Crippen molar-refractivity contribution in [2.75, 3.05) is 0 Å². The van der Waals surface area contributed by atoms with Gasteiger partial charge in [0.25, 0.3) is 0 Å². The lowest BCUT2D eigenvalue weighted by Gasteiger charge is -2.37. The van der Waals surface area contributed by atoms with Gasteiger partial charge in [-0.2, -0.15) is 0 Å². The number of rotatable bonds is 2. The van der Waals surface area contributed by atoms with Crippen LogP contribution in [0.4, 0.5) is 0 Å².